The second kappa shape index (κ2) is 11.2. The van der Waals surface area contributed by atoms with Crippen molar-refractivity contribution in [1.29, 1.82) is 0 Å². The van der Waals surface area contributed by atoms with Crippen LogP contribution in [0.3, 0.4) is 0 Å². The minimum absolute atomic E-state index is 0.0357. The van der Waals surface area contributed by atoms with Crippen molar-refractivity contribution in [3.63, 3.8) is 0 Å². The molecule has 29 heavy (non-hydrogen) atoms. The number of rotatable bonds is 10. The van der Waals surface area contributed by atoms with Crippen molar-refractivity contribution in [1.82, 2.24) is 10.2 Å². The Bertz CT molecular complexity index is 803. The fourth-order valence-corrected chi connectivity index (χ4v) is 3.02. The predicted molar refractivity (Wildman–Crippen MR) is 119 cm³/mol. The summed E-state index contributed by atoms with van der Waals surface area (Å²) in [4.78, 5) is 28.6. The number of carbonyl (C=O) groups excluding carboxylic acids is 2. The van der Waals surface area contributed by atoms with E-state index in [0.29, 0.717) is 6.54 Å². The predicted octanol–water partition coefficient (Wildman–Crippen LogP) is 2.89. The summed E-state index contributed by atoms with van der Waals surface area (Å²) < 4.78 is 0. The zero-order valence-corrected chi connectivity index (χ0v) is 17.9. The smallest absolute Gasteiger partial charge is 0.243 e. The Balaban J connectivity index is 1.81. The van der Waals surface area contributed by atoms with Gasteiger partial charge in [-0.05, 0) is 42.3 Å². The van der Waals surface area contributed by atoms with Crippen LogP contribution in [0.1, 0.15) is 25.0 Å². The molecule has 0 aliphatic heterocycles. The molecule has 0 bridgehead atoms. The minimum atomic E-state index is -0.221. The van der Waals surface area contributed by atoms with Gasteiger partial charge < -0.3 is 15.5 Å². The standard InChI is InChI=1S/C23H32N4O2/c1-5-19-9-7-8-10-21(19)25-22(28)15-24-23(29)17-27(6-2)16-18-11-13-20(14-12-18)26(3)4/h7-14H,5-6,15-17H2,1-4H3,(H,24,29)(H,25,28). The first kappa shape index (κ1) is 22.4. The molecule has 6 heteroatoms. The highest BCUT2D eigenvalue weighted by Gasteiger charge is 2.12. The molecule has 2 rings (SSSR count). The van der Waals surface area contributed by atoms with Gasteiger partial charge >= 0.3 is 0 Å². The first-order valence-corrected chi connectivity index (χ1v) is 10.1. The van der Waals surface area contributed by atoms with E-state index in [-0.39, 0.29) is 24.9 Å². The lowest BCUT2D eigenvalue weighted by Gasteiger charge is -2.20. The van der Waals surface area contributed by atoms with Gasteiger partial charge in [0.25, 0.3) is 0 Å². The first-order chi connectivity index (χ1) is 13.9. The van der Waals surface area contributed by atoms with Crippen molar-refractivity contribution < 1.29 is 9.59 Å². The summed E-state index contributed by atoms with van der Waals surface area (Å²) in [6.07, 6.45) is 0.837. The highest BCUT2D eigenvalue weighted by molar-refractivity contribution is 5.95. The molecule has 156 valence electrons. The molecular weight excluding hydrogens is 364 g/mol. The monoisotopic (exact) mass is 396 g/mol. The van der Waals surface area contributed by atoms with Crippen molar-refractivity contribution in [3.05, 3.63) is 59.7 Å². The molecule has 0 unspecified atom stereocenters. The summed E-state index contributed by atoms with van der Waals surface area (Å²) in [5.74, 6) is -0.378. The summed E-state index contributed by atoms with van der Waals surface area (Å²) in [5, 5.41) is 5.58. The van der Waals surface area contributed by atoms with Crippen LogP contribution in [-0.4, -0.2) is 50.4 Å². The number of para-hydroxylation sites is 1. The highest BCUT2D eigenvalue weighted by Crippen LogP contribution is 2.15. The van der Waals surface area contributed by atoms with Crippen LogP contribution in [0.4, 0.5) is 11.4 Å². The molecule has 0 saturated heterocycles. The number of nitrogens with zero attached hydrogens (tertiary/aromatic N) is 2. The van der Waals surface area contributed by atoms with Gasteiger partial charge in [0, 0.05) is 32.0 Å². The quantitative estimate of drug-likeness (QED) is 0.648. The Morgan fingerprint density at radius 2 is 1.62 bits per heavy atom. The topological polar surface area (TPSA) is 64.7 Å². The number of anilines is 2. The Hall–Kier alpha value is -2.86. The molecule has 0 heterocycles. The van der Waals surface area contributed by atoms with Crippen LogP contribution >= 0.6 is 0 Å². The summed E-state index contributed by atoms with van der Waals surface area (Å²) in [6.45, 7) is 5.72. The van der Waals surface area contributed by atoms with Crippen molar-refractivity contribution in [2.24, 2.45) is 0 Å². The van der Waals surface area contributed by atoms with Gasteiger partial charge in [0.1, 0.15) is 0 Å². The number of carbonyl (C=O) groups is 2. The van der Waals surface area contributed by atoms with Crippen LogP contribution in [0.25, 0.3) is 0 Å². The summed E-state index contributed by atoms with van der Waals surface area (Å²) >= 11 is 0. The van der Waals surface area contributed by atoms with E-state index in [9.17, 15) is 9.59 Å². The number of hydrogen-bond acceptors (Lipinski definition) is 4. The maximum Gasteiger partial charge on any atom is 0.243 e. The number of benzene rings is 2. The third-order valence-corrected chi connectivity index (χ3v) is 4.79. The van der Waals surface area contributed by atoms with E-state index in [1.165, 1.54) is 0 Å². The molecule has 6 nitrogen and oxygen atoms in total. The van der Waals surface area contributed by atoms with Crippen LogP contribution in [0.5, 0.6) is 0 Å². The molecule has 0 aromatic heterocycles. The molecule has 2 aromatic rings. The molecule has 2 aromatic carbocycles. The molecule has 2 amide bonds. The van der Waals surface area contributed by atoms with E-state index < -0.39 is 0 Å². The van der Waals surface area contributed by atoms with Crippen LogP contribution in [0.15, 0.2) is 48.5 Å². The number of amides is 2. The molecule has 0 fully saturated rings. The number of hydrogen-bond donors (Lipinski definition) is 2. The third kappa shape index (κ3) is 7.23. The van der Waals surface area contributed by atoms with Crippen molar-refractivity contribution >= 4 is 23.2 Å². The van der Waals surface area contributed by atoms with Gasteiger partial charge in [0.2, 0.25) is 11.8 Å². The molecule has 0 spiro atoms. The van der Waals surface area contributed by atoms with Gasteiger partial charge in [0.15, 0.2) is 0 Å². The van der Waals surface area contributed by atoms with Crippen LogP contribution in [0, 0.1) is 0 Å². The van der Waals surface area contributed by atoms with E-state index in [4.69, 9.17) is 0 Å². The molecule has 0 radical (unpaired) electrons. The average molecular weight is 397 g/mol. The number of likely N-dealkylation sites (N-methyl/N-ethyl adjacent to an activating group) is 1. The Kier molecular flexibility index (Phi) is 8.68. The normalized spacial score (nSPS) is 10.7. The fourth-order valence-electron chi connectivity index (χ4n) is 3.02. The van der Waals surface area contributed by atoms with E-state index >= 15 is 0 Å². The van der Waals surface area contributed by atoms with Gasteiger partial charge in [0.05, 0.1) is 13.1 Å². The minimum Gasteiger partial charge on any atom is -0.378 e. The lowest BCUT2D eigenvalue weighted by atomic mass is 10.1. The SMILES string of the molecule is CCc1ccccc1NC(=O)CNC(=O)CN(CC)Cc1ccc(N(C)C)cc1. The molecule has 0 aliphatic rings. The number of nitrogens with one attached hydrogen (secondary N) is 2. The lowest BCUT2D eigenvalue weighted by molar-refractivity contribution is -0.125. The van der Waals surface area contributed by atoms with E-state index in [2.05, 4.69) is 39.8 Å². The molecular formula is C23H32N4O2. The lowest BCUT2D eigenvalue weighted by Crippen LogP contribution is -2.40. The van der Waals surface area contributed by atoms with Gasteiger partial charge in [-0.3, -0.25) is 14.5 Å². The molecule has 0 aliphatic carbocycles. The van der Waals surface area contributed by atoms with Crippen LogP contribution in [0.2, 0.25) is 0 Å². The Labute approximate surface area is 173 Å². The van der Waals surface area contributed by atoms with E-state index in [1.54, 1.807) is 0 Å². The van der Waals surface area contributed by atoms with Crippen molar-refractivity contribution in [2.45, 2.75) is 26.8 Å². The van der Waals surface area contributed by atoms with Crippen LogP contribution in [-0.2, 0) is 22.6 Å². The van der Waals surface area contributed by atoms with Gasteiger partial charge in [-0.25, -0.2) is 0 Å². The second-order valence-electron chi connectivity index (χ2n) is 7.20. The largest absolute Gasteiger partial charge is 0.378 e. The highest BCUT2D eigenvalue weighted by atomic mass is 16.2. The zero-order valence-electron chi connectivity index (χ0n) is 17.9. The average Bonchev–Trinajstić information content (AvgIpc) is 2.72. The summed E-state index contributed by atoms with van der Waals surface area (Å²) in [5.41, 5.74) is 4.17. The third-order valence-electron chi connectivity index (χ3n) is 4.79. The fraction of sp³-hybridized carbons (Fsp3) is 0.391. The molecule has 0 atom stereocenters. The zero-order chi connectivity index (χ0) is 21.2. The van der Waals surface area contributed by atoms with E-state index in [1.807, 2.05) is 57.1 Å². The van der Waals surface area contributed by atoms with Gasteiger partial charge in [-0.1, -0.05) is 44.2 Å². The summed E-state index contributed by atoms with van der Waals surface area (Å²) in [7, 11) is 4.02. The van der Waals surface area contributed by atoms with E-state index in [0.717, 1.165) is 35.5 Å². The van der Waals surface area contributed by atoms with Crippen LogP contribution < -0.4 is 15.5 Å². The first-order valence-electron chi connectivity index (χ1n) is 10.1. The maximum absolute atomic E-state index is 12.3. The van der Waals surface area contributed by atoms with Crippen molar-refractivity contribution in [3.8, 4) is 0 Å². The van der Waals surface area contributed by atoms with Crippen molar-refractivity contribution in [2.75, 3.05) is 43.9 Å². The molecule has 0 saturated carbocycles. The maximum atomic E-state index is 12.3. The molecule has 2 N–H and O–H groups in total. The van der Waals surface area contributed by atoms with Gasteiger partial charge in [-0.15, -0.1) is 0 Å². The Morgan fingerprint density at radius 1 is 0.931 bits per heavy atom. The summed E-state index contributed by atoms with van der Waals surface area (Å²) in [6, 6.07) is 16.0. The Morgan fingerprint density at radius 3 is 2.24 bits per heavy atom. The second-order valence-corrected chi connectivity index (χ2v) is 7.20. The number of aryl methyl sites for hydroxylation is 1. The van der Waals surface area contributed by atoms with Gasteiger partial charge in [-0.2, -0.15) is 0 Å².